The van der Waals surface area contributed by atoms with E-state index in [2.05, 4.69) is 309 Å². The van der Waals surface area contributed by atoms with E-state index in [-0.39, 0.29) is 10.8 Å². The molecule has 0 atom stereocenters. The zero-order valence-electron chi connectivity index (χ0n) is 72.4. The van der Waals surface area contributed by atoms with Gasteiger partial charge in [0.15, 0.2) is 52.4 Å². The molecule has 0 spiro atoms. The third-order valence-corrected chi connectivity index (χ3v) is 26.7. The predicted molar refractivity (Wildman–Crippen MR) is 547 cm³/mol. The number of aromatic amines is 1. The quantitative estimate of drug-likeness (QED) is 0.141. The normalized spacial score (nSPS) is 12.6. The molecule has 0 saturated carbocycles. The maximum Gasteiger partial charge on any atom is 0.164 e. The van der Waals surface area contributed by atoms with E-state index in [1.807, 2.05) is 182 Å². The summed E-state index contributed by atoms with van der Waals surface area (Å²) in [5.41, 5.74) is 26.6. The molecule has 24 aromatic rings. The van der Waals surface area contributed by atoms with Crippen molar-refractivity contribution in [3.05, 3.63) is 444 Å². The molecule has 0 bridgehead atoms. The number of hydrogen-bond acceptors (Lipinski definition) is 9. The van der Waals surface area contributed by atoms with Gasteiger partial charge in [-0.05, 0) is 141 Å². The summed E-state index contributed by atoms with van der Waals surface area (Å²) in [6.07, 6.45) is 0. The van der Waals surface area contributed by atoms with Crippen molar-refractivity contribution in [3.8, 4) is 120 Å². The molecule has 9 heterocycles. The molecule has 0 aliphatic carbocycles. The molecule has 0 radical (unpaired) electrons. The highest BCUT2D eigenvalue weighted by molar-refractivity contribution is 9.10. The number of halogens is 2. The fourth-order valence-corrected chi connectivity index (χ4v) is 20.2. The minimum Gasteiger partial charge on any atom is -0.355 e. The first-order valence-electron chi connectivity index (χ1n) is 44.2. The molecule has 26 rings (SSSR count). The molecule has 2 aliphatic heterocycles. The van der Waals surface area contributed by atoms with E-state index in [1.54, 1.807) is 0 Å². The first kappa shape index (κ1) is 80.5. The summed E-state index contributed by atoms with van der Waals surface area (Å²) in [6.45, 7) is 9.28. The number of para-hydroxylation sites is 7. The van der Waals surface area contributed by atoms with Gasteiger partial charge in [-0.2, -0.15) is 0 Å². The first-order valence-corrected chi connectivity index (χ1v) is 45.8. The summed E-state index contributed by atoms with van der Waals surface area (Å²) in [5.74, 6) is 5.94. The van der Waals surface area contributed by atoms with E-state index in [0.717, 1.165) is 64.7 Å². The number of rotatable bonds is 10. The van der Waals surface area contributed by atoms with Crippen LogP contribution in [0.2, 0.25) is 0 Å². The Morgan fingerprint density at radius 3 is 0.841 bits per heavy atom. The van der Waals surface area contributed by atoms with Crippen LogP contribution in [0, 0.1) is 0 Å². The Morgan fingerprint density at radius 1 is 0.205 bits per heavy atom. The van der Waals surface area contributed by atoms with Crippen LogP contribution in [0.5, 0.6) is 0 Å². The van der Waals surface area contributed by atoms with Gasteiger partial charge >= 0.3 is 0 Å². The molecular weight excluding hydrogens is 1750 g/mol. The van der Waals surface area contributed by atoms with Gasteiger partial charge in [-0.3, -0.25) is 0 Å². The van der Waals surface area contributed by atoms with Gasteiger partial charge in [-0.25, -0.2) is 44.9 Å². The average Bonchev–Trinajstić information content (AvgIpc) is 1.52. The lowest BCUT2D eigenvalue weighted by molar-refractivity contribution is 0.630. The fraction of sp³-hybridized carbons (Fsp3) is 0.0513. The molecule has 7 aromatic heterocycles. The van der Waals surface area contributed by atoms with E-state index >= 15 is 0 Å². The van der Waals surface area contributed by atoms with Gasteiger partial charge in [0.25, 0.3) is 0 Å². The van der Waals surface area contributed by atoms with Crippen LogP contribution < -0.4 is 0 Å². The zero-order valence-corrected chi connectivity index (χ0v) is 75.6. The van der Waals surface area contributed by atoms with Crippen molar-refractivity contribution >= 4 is 119 Å². The lowest BCUT2D eigenvalue weighted by Crippen LogP contribution is -2.26. The van der Waals surface area contributed by atoms with Crippen LogP contribution in [0.25, 0.3) is 207 Å². The van der Waals surface area contributed by atoms with Crippen LogP contribution in [-0.4, -0.2) is 63.5 Å². The number of hydrogen-bond donors (Lipinski definition) is 1. The first-order chi connectivity index (χ1) is 64.8. The number of nitrogens with one attached hydrogen (secondary N) is 1. The van der Waals surface area contributed by atoms with E-state index < -0.39 is 0 Å². The molecule has 0 unspecified atom stereocenters. The van der Waals surface area contributed by atoms with E-state index in [1.165, 1.54) is 121 Å². The number of H-pyrrole nitrogens is 1. The Kier molecular flexibility index (Phi) is 20.3. The third-order valence-electron chi connectivity index (χ3n) is 25.7. The van der Waals surface area contributed by atoms with Crippen LogP contribution >= 0.6 is 31.9 Å². The molecule has 2 aliphatic rings. The van der Waals surface area contributed by atoms with Crippen molar-refractivity contribution in [2.75, 3.05) is 0 Å². The third kappa shape index (κ3) is 14.3. The SMILES string of the molecule is Brc1cc(-c2nc(-c3ccccc3)nc(-c3ccccc3)n2)ccc1-n1c2ccccc2c2ccccc21.CC1(C)c2cc(-c3nc(-c4ccccc4)nc(-c4ccccc4)n3)ccc2-n2c3ccccc3c3cc(Br)cc1c32.CC1(C)c2cc(-c3nc(-c4ccccc4)nc(-c4ccccc4)n3)ccc2-n2c3ccccc3c3cccc1c32.c1ccc2c(c1)[nH]c1ccccc12. The van der Waals surface area contributed by atoms with Gasteiger partial charge in [0.2, 0.25) is 0 Å². The molecule has 1 N–H and O–H groups in total. The van der Waals surface area contributed by atoms with Crippen molar-refractivity contribution in [2.24, 2.45) is 0 Å². The topological polar surface area (TPSA) is 147 Å². The van der Waals surface area contributed by atoms with E-state index in [4.69, 9.17) is 44.9 Å². The highest BCUT2D eigenvalue weighted by Crippen LogP contribution is 2.52. The Hall–Kier alpha value is -16.1. The van der Waals surface area contributed by atoms with Crippen molar-refractivity contribution < 1.29 is 0 Å². The summed E-state index contributed by atoms with van der Waals surface area (Å²) >= 11 is 7.68. The average molecular weight is 1830 g/mol. The highest BCUT2D eigenvalue weighted by Gasteiger charge is 2.38. The molecular formula is C117H81Br2N13. The Bertz CT molecular complexity index is 8330. The maximum atomic E-state index is 5.00. The minimum absolute atomic E-state index is 0.202. The van der Waals surface area contributed by atoms with Crippen LogP contribution in [-0.2, 0) is 10.8 Å². The summed E-state index contributed by atoms with van der Waals surface area (Å²) in [4.78, 5) is 47.7. The monoisotopic (exact) mass is 1830 g/mol. The lowest BCUT2D eigenvalue weighted by atomic mass is 9.74. The van der Waals surface area contributed by atoms with E-state index in [0.29, 0.717) is 52.4 Å². The lowest BCUT2D eigenvalue weighted by Gasteiger charge is -2.35. The number of nitrogens with zero attached hydrogens (tertiary/aromatic N) is 12. The van der Waals surface area contributed by atoms with Crippen LogP contribution in [0.15, 0.2) is 421 Å². The standard InChI is InChI=1S/C36H25BrN4.C36H26N4.C33H21BrN4.C12H9N/c1-36(2)28-19-24(35-39-33(22-11-5-3-6-12-22)38-34(40-35)23-13-7-4-8-14-23)17-18-31(28)41-30-16-10-9-15-26(30)27-20-25(37)21-29(36)32(27)41;1-36(2)28-18-11-17-27-26-16-9-10-19-30(26)40(32(27)28)31-21-20-25(22-29(31)36)35-38-33(23-12-5-3-6-13-23)37-34(39-35)24-14-7-4-8-15-24;34-27-21-24(19-20-30(27)38-28-17-9-7-15-25(28)26-16-8-10-18-29(26)38)33-36-31(22-11-3-1-4-12-22)35-32(37-33)23-13-5-2-6-14-23;1-3-7-11-9(5-1)10-6-2-4-8-12(10)13-11/h3-21H,1-2H3;3-22H,1-2H3;1-21H;1-8,13H. The zero-order chi connectivity index (χ0) is 88.7. The fourth-order valence-electron chi connectivity index (χ4n) is 19.2. The van der Waals surface area contributed by atoms with Crippen LogP contribution in [0.4, 0.5) is 0 Å². The minimum atomic E-state index is -0.241. The smallest absolute Gasteiger partial charge is 0.164 e. The maximum absolute atomic E-state index is 5.00. The molecule has 628 valence electrons. The Morgan fingerprint density at radius 2 is 0.477 bits per heavy atom. The van der Waals surface area contributed by atoms with Gasteiger partial charge in [0, 0.05) is 124 Å². The van der Waals surface area contributed by atoms with Gasteiger partial charge < -0.3 is 18.7 Å². The number of fused-ring (bicyclic) bond motifs is 16. The van der Waals surface area contributed by atoms with Crippen LogP contribution in [0.1, 0.15) is 49.9 Å². The number of benzene rings is 17. The second-order valence-corrected chi connectivity index (χ2v) is 36.1. The largest absolute Gasteiger partial charge is 0.355 e. The molecule has 15 heteroatoms. The van der Waals surface area contributed by atoms with Crippen molar-refractivity contribution in [3.63, 3.8) is 0 Å². The summed E-state index contributed by atoms with van der Waals surface area (Å²) in [7, 11) is 0. The Balaban J connectivity index is 0.000000105. The van der Waals surface area contributed by atoms with E-state index in [9.17, 15) is 0 Å². The van der Waals surface area contributed by atoms with Crippen molar-refractivity contribution in [2.45, 2.75) is 38.5 Å². The van der Waals surface area contributed by atoms with Crippen molar-refractivity contribution in [1.82, 2.24) is 63.5 Å². The summed E-state index contributed by atoms with van der Waals surface area (Å²) in [6, 6.07) is 143. The highest BCUT2D eigenvalue weighted by atomic mass is 79.9. The van der Waals surface area contributed by atoms with Gasteiger partial charge in [0.1, 0.15) is 0 Å². The van der Waals surface area contributed by atoms with Gasteiger partial charge in [0.05, 0.1) is 50.2 Å². The second-order valence-electron chi connectivity index (χ2n) is 34.3. The van der Waals surface area contributed by atoms with Crippen LogP contribution in [0.3, 0.4) is 0 Å². The predicted octanol–water partition coefficient (Wildman–Crippen LogP) is 30.0. The summed E-state index contributed by atoms with van der Waals surface area (Å²) in [5, 5.41) is 10.2. The molecule has 17 aromatic carbocycles. The molecule has 13 nitrogen and oxygen atoms in total. The van der Waals surface area contributed by atoms with Gasteiger partial charge in [-0.15, -0.1) is 0 Å². The molecule has 0 amide bonds. The van der Waals surface area contributed by atoms with Crippen molar-refractivity contribution in [1.29, 1.82) is 0 Å². The molecule has 132 heavy (non-hydrogen) atoms. The molecule has 0 saturated heterocycles. The number of aromatic nitrogens is 13. The molecule has 0 fully saturated rings. The Labute approximate surface area is 778 Å². The summed E-state index contributed by atoms with van der Waals surface area (Å²) < 4.78 is 9.21. The second kappa shape index (κ2) is 33.2. The van der Waals surface area contributed by atoms with Gasteiger partial charge in [-0.1, -0.05) is 353 Å².